The molecule has 1 aromatic carbocycles. The fourth-order valence-electron chi connectivity index (χ4n) is 2.37. The first kappa shape index (κ1) is 13.8. The molecule has 1 fully saturated rings. The number of hydrogen-bond donors (Lipinski definition) is 1. The van der Waals surface area contributed by atoms with Gasteiger partial charge in [-0.2, -0.15) is 0 Å². The third-order valence-electron chi connectivity index (χ3n) is 3.61. The Morgan fingerprint density at radius 2 is 2.11 bits per heavy atom. The van der Waals surface area contributed by atoms with Gasteiger partial charge in [0.2, 0.25) is 0 Å². The molecule has 18 heavy (non-hydrogen) atoms. The van der Waals surface area contributed by atoms with E-state index in [9.17, 15) is 4.39 Å². The van der Waals surface area contributed by atoms with Gasteiger partial charge in [0.1, 0.15) is 5.82 Å². The lowest BCUT2D eigenvalue weighted by molar-refractivity contribution is 0.206. The Morgan fingerprint density at radius 3 is 2.72 bits per heavy atom. The highest BCUT2D eigenvalue weighted by atomic mass is 35.5. The molecular weight excluding hydrogens is 251 g/mol. The molecule has 100 valence electrons. The molecule has 1 saturated heterocycles. The molecule has 0 amide bonds. The van der Waals surface area contributed by atoms with Crippen molar-refractivity contribution in [1.82, 2.24) is 10.2 Å². The predicted molar refractivity (Wildman–Crippen MR) is 73.4 cm³/mol. The monoisotopic (exact) mass is 270 g/mol. The second-order valence-corrected chi connectivity index (χ2v) is 5.25. The summed E-state index contributed by atoms with van der Waals surface area (Å²) in [5.41, 5.74) is 0.954. The molecule has 0 spiro atoms. The Morgan fingerprint density at radius 1 is 1.39 bits per heavy atom. The first-order valence-electron chi connectivity index (χ1n) is 6.58. The summed E-state index contributed by atoms with van der Waals surface area (Å²) in [5, 5.41) is 3.68. The molecule has 2 nitrogen and oxygen atoms in total. The topological polar surface area (TPSA) is 15.3 Å². The number of nitrogens with one attached hydrogen (secondary N) is 1. The van der Waals surface area contributed by atoms with Gasteiger partial charge >= 0.3 is 0 Å². The predicted octanol–water partition coefficient (Wildman–Crippen LogP) is 3.05. The normalized spacial score (nSPS) is 18.2. The minimum atomic E-state index is -0.336. The second kappa shape index (κ2) is 6.50. The molecule has 0 aliphatic carbocycles. The van der Waals surface area contributed by atoms with Crippen LogP contribution in [0.1, 0.15) is 25.3 Å². The highest BCUT2D eigenvalue weighted by Crippen LogP contribution is 2.16. The Kier molecular flexibility index (Phi) is 4.98. The standard InChI is InChI=1S/C14H20ClFN2/c1-2-18-7-5-12(6-8-18)17-10-11-3-4-13(15)14(16)9-11/h3-4,9,12,17H,2,5-8,10H2,1H3. The van der Waals surface area contributed by atoms with Gasteiger partial charge in [-0.05, 0) is 50.2 Å². The van der Waals surface area contributed by atoms with Gasteiger partial charge in [0.15, 0.2) is 0 Å². The van der Waals surface area contributed by atoms with Crippen molar-refractivity contribution in [2.24, 2.45) is 0 Å². The summed E-state index contributed by atoms with van der Waals surface area (Å²) in [6.45, 7) is 6.36. The maximum atomic E-state index is 13.3. The average Bonchev–Trinajstić information content (AvgIpc) is 2.41. The average molecular weight is 271 g/mol. The largest absolute Gasteiger partial charge is 0.310 e. The number of likely N-dealkylation sites (tertiary alicyclic amines) is 1. The van der Waals surface area contributed by atoms with Gasteiger partial charge in [0.25, 0.3) is 0 Å². The van der Waals surface area contributed by atoms with Crippen LogP contribution >= 0.6 is 11.6 Å². The molecule has 1 aliphatic heterocycles. The van der Waals surface area contributed by atoms with Crippen LogP contribution in [0.5, 0.6) is 0 Å². The first-order chi connectivity index (χ1) is 8.69. The van der Waals surface area contributed by atoms with Crippen LogP contribution in [0, 0.1) is 5.82 Å². The summed E-state index contributed by atoms with van der Waals surface area (Å²) in [4.78, 5) is 2.46. The first-order valence-corrected chi connectivity index (χ1v) is 6.96. The second-order valence-electron chi connectivity index (χ2n) is 4.84. The minimum Gasteiger partial charge on any atom is -0.310 e. The third-order valence-corrected chi connectivity index (χ3v) is 3.92. The van der Waals surface area contributed by atoms with Crippen LogP contribution in [0.3, 0.4) is 0 Å². The van der Waals surface area contributed by atoms with Crippen molar-refractivity contribution in [1.29, 1.82) is 0 Å². The number of piperidine rings is 1. The summed E-state index contributed by atoms with van der Waals surface area (Å²) < 4.78 is 13.3. The van der Waals surface area contributed by atoms with E-state index in [1.807, 2.05) is 6.07 Å². The molecule has 0 saturated carbocycles. The highest BCUT2D eigenvalue weighted by Gasteiger charge is 2.17. The highest BCUT2D eigenvalue weighted by molar-refractivity contribution is 6.30. The van der Waals surface area contributed by atoms with Crippen LogP contribution in [0.2, 0.25) is 5.02 Å². The molecule has 0 aromatic heterocycles. The summed E-state index contributed by atoms with van der Waals surface area (Å²) in [6.07, 6.45) is 2.34. The van der Waals surface area contributed by atoms with Crippen LogP contribution in [-0.4, -0.2) is 30.6 Å². The Labute approximate surface area is 113 Å². The SMILES string of the molecule is CCN1CCC(NCc2ccc(Cl)c(F)c2)CC1. The Hall–Kier alpha value is -0.640. The zero-order valence-corrected chi connectivity index (χ0v) is 11.5. The van der Waals surface area contributed by atoms with Gasteiger partial charge in [-0.15, -0.1) is 0 Å². The van der Waals surface area contributed by atoms with Crippen molar-refractivity contribution < 1.29 is 4.39 Å². The number of halogens is 2. The fourth-order valence-corrected chi connectivity index (χ4v) is 2.48. The van der Waals surface area contributed by atoms with Gasteiger partial charge in [0, 0.05) is 12.6 Å². The van der Waals surface area contributed by atoms with E-state index in [0.29, 0.717) is 12.6 Å². The zero-order valence-electron chi connectivity index (χ0n) is 10.8. The van der Waals surface area contributed by atoms with Crippen molar-refractivity contribution in [3.05, 3.63) is 34.6 Å². The summed E-state index contributed by atoms with van der Waals surface area (Å²) in [7, 11) is 0. The van der Waals surface area contributed by atoms with E-state index in [0.717, 1.165) is 25.2 Å². The molecule has 0 radical (unpaired) electrons. The number of hydrogen-bond acceptors (Lipinski definition) is 2. The Balaban J connectivity index is 1.79. The molecule has 0 bridgehead atoms. The van der Waals surface area contributed by atoms with Crippen molar-refractivity contribution in [3.8, 4) is 0 Å². The molecule has 1 aromatic rings. The molecule has 0 atom stereocenters. The summed E-state index contributed by atoms with van der Waals surface area (Å²) >= 11 is 5.66. The van der Waals surface area contributed by atoms with Gasteiger partial charge in [-0.1, -0.05) is 24.6 Å². The maximum Gasteiger partial charge on any atom is 0.142 e. The quantitative estimate of drug-likeness (QED) is 0.905. The van der Waals surface area contributed by atoms with Crippen molar-refractivity contribution in [3.63, 3.8) is 0 Å². The van der Waals surface area contributed by atoms with Crippen LogP contribution < -0.4 is 5.32 Å². The summed E-state index contributed by atoms with van der Waals surface area (Å²) in [5.74, 6) is -0.336. The molecule has 4 heteroatoms. The summed E-state index contributed by atoms with van der Waals surface area (Å²) in [6, 6.07) is 5.55. The van der Waals surface area contributed by atoms with E-state index in [1.54, 1.807) is 6.07 Å². The van der Waals surface area contributed by atoms with Gasteiger partial charge in [-0.25, -0.2) is 4.39 Å². The van der Waals surface area contributed by atoms with Gasteiger partial charge < -0.3 is 10.2 Å². The third kappa shape index (κ3) is 3.67. The molecule has 1 N–H and O–H groups in total. The smallest absolute Gasteiger partial charge is 0.142 e. The Bertz CT molecular complexity index is 389. The molecular formula is C14H20ClFN2. The number of nitrogens with zero attached hydrogens (tertiary/aromatic N) is 1. The van der Waals surface area contributed by atoms with E-state index in [4.69, 9.17) is 11.6 Å². The molecule has 1 aliphatic rings. The van der Waals surface area contributed by atoms with Crippen LogP contribution in [0.4, 0.5) is 4.39 Å². The maximum absolute atomic E-state index is 13.3. The van der Waals surface area contributed by atoms with E-state index in [-0.39, 0.29) is 10.8 Å². The van der Waals surface area contributed by atoms with Crippen molar-refractivity contribution in [2.45, 2.75) is 32.4 Å². The molecule has 2 rings (SSSR count). The number of benzene rings is 1. The van der Waals surface area contributed by atoms with Crippen LogP contribution in [0.15, 0.2) is 18.2 Å². The number of rotatable bonds is 4. The lowest BCUT2D eigenvalue weighted by Crippen LogP contribution is -2.42. The zero-order chi connectivity index (χ0) is 13.0. The van der Waals surface area contributed by atoms with E-state index in [2.05, 4.69) is 17.1 Å². The minimum absolute atomic E-state index is 0.190. The van der Waals surface area contributed by atoms with Gasteiger partial charge in [0.05, 0.1) is 5.02 Å². The fraction of sp³-hybridized carbons (Fsp3) is 0.571. The van der Waals surface area contributed by atoms with Gasteiger partial charge in [-0.3, -0.25) is 0 Å². The van der Waals surface area contributed by atoms with Crippen LogP contribution in [0.25, 0.3) is 0 Å². The lowest BCUT2D eigenvalue weighted by atomic mass is 10.0. The van der Waals surface area contributed by atoms with Crippen LogP contribution in [-0.2, 0) is 6.54 Å². The van der Waals surface area contributed by atoms with Crippen molar-refractivity contribution in [2.75, 3.05) is 19.6 Å². The molecule has 1 heterocycles. The van der Waals surface area contributed by atoms with E-state index >= 15 is 0 Å². The van der Waals surface area contributed by atoms with Crippen molar-refractivity contribution >= 4 is 11.6 Å². The van der Waals surface area contributed by atoms with E-state index in [1.165, 1.54) is 18.9 Å². The molecule has 0 unspecified atom stereocenters. The lowest BCUT2D eigenvalue weighted by Gasteiger charge is -2.31. The van der Waals surface area contributed by atoms with E-state index < -0.39 is 0 Å².